The number of imide groups is 1. The third kappa shape index (κ3) is 3.68. The van der Waals surface area contributed by atoms with Gasteiger partial charge in [0.25, 0.3) is 0 Å². The molecule has 0 aromatic heterocycles. The van der Waals surface area contributed by atoms with Gasteiger partial charge in [0.15, 0.2) is 0 Å². The van der Waals surface area contributed by atoms with Crippen LogP contribution < -0.4 is 5.32 Å². The van der Waals surface area contributed by atoms with E-state index >= 15 is 0 Å². The molecule has 0 aliphatic carbocycles. The van der Waals surface area contributed by atoms with E-state index in [0.29, 0.717) is 5.69 Å². The lowest BCUT2D eigenvalue weighted by Crippen LogP contribution is -2.32. The lowest BCUT2D eigenvalue weighted by atomic mass is 10.1. The molecule has 1 N–H and O–H groups in total. The molecule has 5 nitrogen and oxygen atoms in total. The highest BCUT2D eigenvalue weighted by Crippen LogP contribution is 2.21. The Bertz CT molecular complexity index is 738. The van der Waals surface area contributed by atoms with Gasteiger partial charge in [-0.2, -0.15) is 0 Å². The molecule has 0 radical (unpaired) electrons. The Hall–Kier alpha value is -2.95. The van der Waals surface area contributed by atoms with Crippen molar-refractivity contribution in [2.45, 2.75) is 19.3 Å². The Labute approximate surface area is 140 Å². The first kappa shape index (κ1) is 15.9. The predicted octanol–water partition coefficient (Wildman–Crippen LogP) is 2.83. The molecule has 1 heterocycles. The van der Waals surface area contributed by atoms with Gasteiger partial charge in [-0.1, -0.05) is 42.5 Å². The number of likely N-dealkylation sites (tertiary alicyclic amines) is 1. The molecule has 0 atom stereocenters. The molecule has 2 aromatic carbocycles. The lowest BCUT2D eigenvalue weighted by molar-refractivity contribution is -0.138. The summed E-state index contributed by atoms with van der Waals surface area (Å²) in [4.78, 5) is 36.1. The Morgan fingerprint density at radius 1 is 0.875 bits per heavy atom. The number of amides is 3. The summed E-state index contributed by atoms with van der Waals surface area (Å²) < 4.78 is 0. The van der Waals surface area contributed by atoms with E-state index < -0.39 is 0 Å². The molecule has 0 spiro atoms. The highest BCUT2D eigenvalue weighted by Gasteiger charge is 2.28. The Morgan fingerprint density at radius 2 is 1.46 bits per heavy atom. The smallest absolute Gasteiger partial charge is 0.229 e. The van der Waals surface area contributed by atoms with Crippen LogP contribution >= 0.6 is 0 Å². The van der Waals surface area contributed by atoms with E-state index in [-0.39, 0.29) is 43.5 Å². The second-order valence-corrected chi connectivity index (χ2v) is 5.68. The van der Waals surface area contributed by atoms with Crippen LogP contribution in [0.2, 0.25) is 0 Å². The number of carbonyl (C=O) groups excluding carboxylic acids is 3. The maximum absolute atomic E-state index is 12.0. The number of rotatable bonds is 5. The minimum atomic E-state index is -0.213. The molecule has 3 rings (SSSR count). The predicted molar refractivity (Wildman–Crippen MR) is 91.1 cm³/mol. The third-order valence-corrected chi connectivity index (χ3v) is 3.99. The number of anilines is 1. The normalized spacial score (nSPS) is 14.1. The summed E-state index contributed by atoms with van der Waals surface area (Å²) in [6.45, 7) is 0.144. The minimum absolute atomic E-state index is 0.109. The SMILES string of the molecule is O=C(CCN1C(=O)CCC1=O)Nc1ccc(-c2ccccc2)cc1. The molecule has 0 bridgehead atoms. The minimum Gasteiger partial charge on any atom is -0.326 e. The van der Waals surface area contributed by atoms with Gasteiger partial charge in [-0.3, -0.25) is 19.3 Å². The molecule has 24 heavy (non-hydrogen) atoms. The third-order valence-electron chi connectivity index (χ3n) is 3.99. The van der Waals surface area contributed by atoms with Gasteiger partial charge in [0.2, 0.25) is 17.7 Å². The molecule has 122 valence electrons. The van der Waals surface area contributed by atoms with Crippen LogP contribution in [0.5, 0.6) is 0 Å². The van der Waals surface area contributed by atoms with Gasteiger partial charge in [-0.25, -0.2) is 0 Å². The number of benzene rings is 2. The molecule has 1 fully saturated rings. The largest absolute Gasteiger partial charge is 0.326 e. The summed E-state index contributed by atoms with van der Waals surface area (Å²) in [6.07, 6.45) is 0.612. The average Bonchev–Trinajstić information content (AvgIpc) is 2.93. The topological polar surface area (TPSA) is 66.5 Å². The number of carbonyl (C=O) groups is 3. The fraction of sp³-hybridized carbons (Fsp3) is 0.211. The van der Waals surface area contributed by atoms with Crippen LogP contribution in [0.1, 0.15) is 19.3 Å². The van der Waals surface area contributed by atoms with Crippen LogP contribution in [-0.4, -0.2) is 29.2 Å². The first-order chi connectivity index (χ1) is 11.6. The zero-order valence-electron chi connectivity index (χ0n) is 13.2. The van der Waals surface area contributed by atoms with Crippen LogP contribution in [0.3, 0.4) is 0 Å². The molecular formula is C19H18N2O3. The zero-order valence-corrected chi connectivity index (χ0v) is 13.2. The molecule has 0 unspecified atom stereocenters. The van der Waals surface area contributed by atoms with Crippen molar-refractivity contribution in [3.8, 4) is 11.1 Å². The summed E-state index contributed by atoms with van der Waals surface area (Å²) in [6, 6.07) is 17.5. The summed E-state index contributed by atoms with van der Waals surface area (Å²) >= 11 is 0. The Morgan fingerprint density at radius 3 is 2.08 bits per heavy atom. The lowest BCUT2D eigenvalue weighted by Gasteiger charge is -2.13. The summed E-state index contributed by atoms with van der Waals surface area (Å²) in [5.74, 6) is -0.602. The molecule has 1 aliphatic heterocycles. The molecule has 3 amide bonds. The van der Waals surface area contributed by atoms with Crippen LogP contribution in [0.15, 0.2) is 54.6 Å². The highest BCUT2D eigenvalue weighted by atomic mass is 16.2. The van der Waals surface area contributed by atoms with Gasteiger partial charge in [-0.15, -0.1) is 0 Å². The average molecular weight is 322 g/mol. The van der Waals surface area contributed by atoms with Gasteiger partial charge in [0.1, 0.15) is 0 Å². The van der Waals surface area contributed by atoms with E-state index in [1.807, 2.05) is 54.6 Å². The fourth-order valence-electron chi connectivity index (χ4n) is 2.69. The van der Waals surface area contributed by atoms with E-state index in [0.717, 1.165) is 16.0 Å². The van der Waals surface area contributed by atoms with Crippen molar-refractivity contribution >= 4 is 23.4 Å². The number of nitrogens with one attached hydrogen (secondary N) is 1. The summed E-state index contributed by atoms with van der Waals surface area (Å²) in [7, 11) is 0. The quantitative estimate of drug-likeness (QED) is 0.861. The molecular weight excluding hydrogens is 304 g/mol. The van der Waals surface area contributed by atoms with Crippen LogP contribution in [0, 0.1) is 0 Å². The van der Waals surface area contributed by atoms with Crippen LogP contribution in [-0.2, 0) is 14.4 Å². The molecule has 1 saturated heterocycles. The zero-order chi connectivity index (χ0) is 16.9. The molecule has 5 heteroatoms. The van der Waals surface area contributed by atoms with E-state index in [9.17, 15) is 14.4 Å². The van der Waals surface area contributed by atoms with Crippen molar-refractivity contribution in [1.29, 1.82) is 0 Å². The van der Waals surface area contributed by atoms with Gasteiger partial charge in [0.05, 0.1) is 0 Å². The van der Waals surface area contributed by atoms with Crippen LogP contribution in [0.4, 0.5) is 5.69 Å². The molecule has 2 aromatic rings. The van der Waals surface area contributed by atoms with Crippen LogP contribution in [0.25, 0.3) is 11.1 Å². The molecule has 1 aliphatic rings. The van der Waals surface area contributed by atoms with Crippen molar-refractivity contribution in [2.24, 2.45) is 0 Å². The first-order valence-electron chi connectivity index (χ1n) is 7.92. The van der Waals surface area contributed by atoms with Crippen molar-refractivity contribution < 1.29 is 14.4 Å². The summed E-state index contributed by atoms with van der Waals surface area (Å²) in [5.41, 5.74) is 2.88. The van der Waals surface area contributed by atoms with E-state index in [2.05, 4.69) is 5.32 Å². The van der Waals surface area contributed by atoms with Gasteiger partial charge in [-0.05, 0) is 23.3 Å². The number of hydrogen-bond donors (Lipinski definition) is 1. The Kier molecular flexibility index (Phi) is 4.70. The maximum atomic E-state index is 12.0. The van der Waals surface area contributed by atoms with E-state index in [1.165, 1.54) is 0 Å². The number of hydrogen-bond acceptors (Lipinski definition) is 3. The van der Waals surface area contributed by atoms with Gasteiger partial charge < -0.3 is 5.32 Å². The highest BCUT2D eigenvalue weighted by molar-refractivity contribution is 6.02. The summed E-state index contributed by atoms with van der Waals surface area (Å²) in [5, 5.41) is 2.79. The first-order valence-corrected chi connectivity index (χ1v) is 7.92. The second-order valence-electron chi connectivity index (χ2n) is 5.68. The van der Waals surface area contributed by atoms with Crippen molar-refractivity contribution in [1.82, 2.24) is 4.90 Å². The Balaban J connectivity index is 1.55. The number of nitrogens with zero attached hydrogens (tertiary/aromatic N) is 1. The fourth-order valence-corrected chi connectivity index (χ4v) is 2.69. The van der Waals surface area contributed by atoms with Crippen molar-refractivity contribution in [3.05, 3.63) is 54.6 Å². The molecule has 0 saturated carbocycles. The monoisotopic (exact) mass is 322 g/mol. The van der Waals surface area contributed by atoms with Gasteiger partial charge >= 0.3 is 0 Å². The van der Waals surface area contributed by atoms with E-state index in [4.69, 9.17) is 0 Å². The van der Waals surface area contributed by atoms with Gasteiger partial charge in [0, 0.05) is 31.5 Å². The van der Waals surface area contributed by atoms with E-state index in [1.54, 1.807) is 0 Å². The maximum Gasteiger partial charge on any atom is 0.229 e. The van der Waals surface area contributed by atoms with Crippen molar-refractivity contribution in [2.75, 3.05) is 11.9 Å². The van der Waals surface area contributed by atoms with Crippen molar-refractivity contribution in [3.63, 3.8) is 0 Å². The standard InChI is InChI=1S/C19H18N2O3/c22-17(12-13-21-18(23)10-11-19(21)24)20-16-8-6-15(7-9-16)14-4-2-1-3-5-14/h1-9H,10-13H2,(H,20,22). The second kappa shape index (κ2) is 7.08.